The van der Waals surface area contributed by atoms with Crippen molar-refractivity contribution in [2.45, 2.75) is 57.1 Å². The van der Waals surface area contributed by atoms with Crippen molar-refractivity contribution in [1.82, 2.24) is 10.2 Å². The number of nitrogen functional groups attached to an aromatic ring is 1. The average Bonchev–Trinajstić information content (AvgIpc) is 2.59. The molecule has 3 N–H and O–H groups in total. The number of anilines is 1. The molecule has 0 atom stereocenters. The summed E-state index contributed by atoms with van der Waals surface area (Å²) < 4.78 is 5.90. The third kappa shape index (κ3) is 5.98. The minimum Gasteiger partial charge on any atom is -0.399 e. The van der Waals surface area contributed by atoms with Crippen LogP contribution in [-0.4, -0.2) is 48.2 Å². The lowest BCUT2D eigenvalue weighted by Crippen LogP contribution is -2.63. The highest BCUT2D eigenvalue weighted by molar-refractivity contribution is 5.95. The summed E-state index contributed by atoms with van der Waals surface area (Å²) in [6, 6.07) is 7.18. The topological polar surface area (TPSA) is 67.6 Å². The highest BCUT2D eigenvalue weighted by Gasteiger charge is 2.42. The molecule has 1 aliphatic carbocycles. The van der Waals surface area contributed by atoms with E-state index in [1.54, 1.807) is 12.1 Å². The number of halogens is 2. The van der Waals surface area contributed by atoms with Gasteiger partial charge in [0, 0.05) is 36.4 Å². The highest BCUT2D eigenvalue weighted by Crippen LogP contribution is 2.36. The van der Waals surface area contributed by atoms with Crippen LogP contribution >= 0.6 is 24.8 Å². The molecule has 0 spiro atoms. The van der Waals surface area contributed by atoms with Crippen LogP contribution in [0.25, 0.3) is 0 Å². The minimum atomic E-state index is -0.124. The number of hydrogen-bond acceptors (Lipinski definition) is 4. The van der Waals surface area contributed by atoms with Gasteiger partial charge in [-0.3, -0.25) is 9.69 Å². The van der Waals surface area contributed by atoms with E-state index in [0.717, 1.165) is 32.5 Å². The van der Waals surface area contributed by atoms with Crippen LogP contribution in [0.1, 0.15) is 56.3 Å². The van der Waals surface area contributed by atoms with Crippen molar-refractivity contribution in [2.24, 2.45) is 0 Å². The van der Waals surface area contributed by atoms with E-state index < -0.39 is 0 Å². The smallest absolute Gasteiger partial charge is 0.251 e. The maximum atomic E-state index is 12.6. The van der Waals surface area contributed by atoms with Crippen LogP contribution in [0.3, 0.4) is 0 Å². The monoisotopic (exact) mass is 417 g/mol. The number of carbonyl (C=O) groups excluding carboxylic acids is 1. The molecule has 0 bridgehead atoms. The average molecular weight is 418 g/mol. The maximum absolute atomic E-state index is 12.6. The predicted molar refractivity (Wildman–Crippen MR) is 115 cm³/mol. The summed E-state index contributed by atoms with van der Waals surface area (Å²) in [4.78, 5) is 15.1. The van der Waals surface area contributed by atoms with Gasteiger partial charge in [-0.25, -0.2) is 0 Å². The number of amides is 1. The summed E-state index contributed by atoms with van der Waals surface area (Å²) in [6.45, 7) is 7.62. The minimum absolute atomic E-state index is 0. The van der Waals surface area contributed by atoms with Crippen molar-refractivity contribution < 1.29 is 9.53 Å². The second-order valence-electron chi connectivity index (χ2n) is 8.12. The zero-order chi connectivity index (χ0) is 17.9. The Morgan fingerprint density at radius 1 is 1.22 bits per heavy atom. The molecule has 1 heterocycles. The Bertz CT molecular complexity index is 619. The SMILES string of the molecule is CC1(C)CN(C2(CNC(=O)c3cccc(N)c3)CCCCC2)CCO1.Cl.Cl. The van der Waals surface area contributed by atoms with Crippen molar-refractivity contribution in [3.63, 3.8) is 0 Å². The van der Waals surface area contributed by atoms with Crippen LogP contribution in [0, 0.1) is 0 Å². The van der Waals surface area contributed by atoms with Crippen molar-refractivity contribution in [2.75, 3.05) is 32.0 Å². The number of benzene rings is 1. The standard InChI is InChI=1S/C20H31N3O2.2ClH/c1-19(2)15-23(11-12-25-19)20(9-4-3-5-10-20)14-22-18(24)16-7-6-8-17(21)13-16;;/h6-8,13H,3-5,9-12,14-15,21H2,1-2H3,(H,22,24);2*1H. The number of hydrogen-bond donors (Lipinski definition) is 2. The molecule has 2 fully saturated rings. The molecule has 1 saturated carbocycles. The van der Waals surface area contributed by atoms with Crippen molar-refractivity contribution in [3.05, 3.63) is 29.8 Å². The van der Waals surface area contributed by atoms with Gasteiger partial charge >= 0.3 is 0 Å². The number of nitrogens with two attached hydrogens (primary N) is 1. The van der Waals surface area contributed by atoms with Crippen molar-refractivity contribution >= 4 is 36.4 Å². The number of nitrogens with zero attached hydrogens (tertiary/aromatic N) is 1. The zero-order valence-corrected chi connectivity index (χ0v) is 18.0. The molecule has 1 aliphatic heterocycles. The van der Waals surface area contributed by atoms with E-state index in [4.69, 9.17) is 10.5 Å². The number of ether oxygens (including phenoxy) is 1. The van der Waals surface area contributed by atoms with Crippen molar-refractivity contribution in [3.8, 4) is 0 Å². The third-order valence-electron chi connectivity index (χ3n) is 5.61. The zero-order valence-electron chi connectivity index (χ0n) is 16.3. The molecule has 1 aromatic carbocycles. The fraction of sp³-hybridized carbons (Fsp3) is 0.650. The molecule has 2 aliphatic rings. The number of nitrogens with one attached hydrogen (secondary N) is 1. The molecule has 5 nitrogen and oxygen atoms in total. The fourth-order valence-electron chi connectivity index (χ4n) is 4.26. The summed E-state index contributed by atoms with van der Waals surface area (Å²) in [5, 5.41) is 3.18. The molecule has 154 valence electrons. The Hall–Kier alpha value is -1.01. The maximum Gasteiger partial charge on any atom is 0.251 e. The lowest BCUT2D eigenvalue weighted by molar-refractivity contribution is -0.122. The number of morpholine rings is 1. The van der Waals surface area contributed by atoms with Gasteiger partial charge in [-0.1, -0.05) is 25.3 Å². The molecule has 0 radical (unpaired) electrons. The van der Waals surface area contributed by atoms with Crippen LogP contribution in [0.15, 0.2) is 24.3 Å². The van der Waals surface area contributed by atoms with E-state index in [1.165, 1.54) is 19.3 Å². The summed E-state index contributed by atoms with van der Waals surface area (Å²) in [7, 11) is 0. The molecule has 27 heavy (non-hydrogen) atoms. The molecule has 7 heteroatoms. The quantitative estimate of drug-likeness (QED) is 0.733. The lowest BCUT2D eigenvalue weighted by Gasteiger charge is -2.51. The first-order chi connectivity index (χ1) is 11.9. The van der Waals surface area contributed by atoms with E-state index in [9.17, 15) is 4.79 Å². The Kier molecular flexibility index (Phi) is 8.87. The van der Waals surface area contributed by atoms with E-state index in [1.807, 2.05) is 12.1 Å². The molecular weight excluding hydrogens is 385 g/mol. The van der Waals surface area contributed by atoms with Crippen LogP contribution in [0.5, 0.6) is 0 Å². The van der Waals surface area contributed by atoms with Crippen LogP contribution in [-0.2, 0) is 4.74 Å². The second-order valence-corrected chi connectivity index (χ2v) is 8.12. The number of rotatable bonds is 4. The van der Waals surface area contributed by atoms with Gasteiger partial charge in [0.25, 0.3) is 5.91 Å². The Labute approximate surface area is 175 Å². The van der Waals surface area contributed by atoms with E-state index in [2.05, 4.69) is 24.1 Å². The summed E-state index contributed by atoms with van der Waals surface area (Å²) in [6.07, 6.45) is 6.02. The molecule has 0 aromatic heterocycles. The molecule has 1 saturated heterocycles. The van der Waals surface area contributed by atoms with Gasteiger partial charge in [-0.2, -0.15) is 0 Å². The molecule has 3 rings (SSSR count). The van der Waals surface area contributed by atoms with Crippen LogP contribution in [0.4, 0.5) is 5.69 Å². The van der Waals surface area contributed by atoms with Crippen LogP contribution < -0.4 is 11.1 Å². The first-order valence-corrected chi connectivity index (χ1v) is 9.43. The molecular formula is C20H33Cl2N3O2. The first kappa shape index (κ1) is 24.0. The highest BCUT2D eigenvalue weighted by atomic mass is 35.5. The lowest BCUT2D eigenvalue weighted by atomic mass is 9.79. The first-order valence-electron chi connectivity index (χ1n) is 9.43. The van der Waals surface area contributed by atoms with Gasteiger partial charge in [-0.15, -0.1) is 24.8 Å². The van der Waals surface area contributed by atoms with Gasteiger partial charge in [-0.05, 0) is 44.9 Å². The normalized spacial score (nSPS) is 21.4. The second kappa shape index (κ2) is 9.97. The fourth-order valence-corrected chi connectivity index (χ4v) is 4.26. The Morgan fingerprint density at radius 3 is 2.56 bits per heavy atom. The largest absolute Gasteiger partial charge is 0.399 e. The Morgan fingerprint density at radius 2 is 1.93 bits per heavy atom. The Balaban J connectivity index is 0.00000182. The van der Waals surface area contributed by atoms with E-state index in [0.29, 0.717) is 17.8 Å². The van der Waals surface area contributed by atoms with Gasteiger partial charge in [0.2, 0.25) is 0 Å². The van der Waals surface area contributed by atoms with E-state index in [-0.39, 0.29) is 41.9 Å². The van der Waals surface area contributed by atoms with E-state index >= 15 is 0 Å². The number of carbonyl (C=O) groups is 1. The summed E-state index contributed by atoms with van der Waals surface area (Å²) >= 11 is 0. The van der Waals surface area contributed by atoms with Crippen LogP contribution in [0.2, 0.25) is 0 Å². The van der Waals surface area contributed by atoms with Gasteiger partial charge < -0.3 is 15.8 Å². The van der Waals surface area contributed by atoms with Gasteiger partial charge in [0.15, 0.2) is 0 Å². The van der Waals surface area contributed by atoms with Gasteiger partial charge in [0.1, 0.15) is 0 Å². The summed E-state index contributed by atoms with van der Waals surface area (Å²) in [5.41, 5.74) is 6.99. The van der Waals surface area contributed by atoms with Crippen molar-refractivity contribution in [1.29, 1.82) is 0 Å². The molecule has 0 unspecified atom stereocenters. The molecule has 1 amide bonds. The summed E-state index contributed by atoms with van der Waals surface area (Å²) in [5.74, 6) is -0.0373. The third-order valence-corrected chi connectivity index (χ3v) is 5.61. The molecule has 1 aromatic rings. The van der Waals surface area contributed by atoms with Gasteiger partial charge in [0.05, 0.1) is 12.2 Å². The predicted octanol–water partition coefficient (Wildman–Crippen LogP) is 3.66.